The van der Waals surface area contributed by atoms with Gasteiger partial charge in [-0.3, -0.25) is 9.78 Å². The summed E-state index contributed by atoms with van der Waals surface area (Å²) in [5.74, 6) is -0.703. The molecule has 7 heteroatoms. The van der Waals surface area contributed by atoms with E-state index >= 15 is 0 Å². The number of hydrogen-bond acceptors (Lipinski definition) is 5. The number of nitrogens with zero attached hydrogens (tertiary/aromatic N) is 1. The normalized spacial score (nSPS) is 13.0. The van der Waals surface area contributed by atoms with Gasteiger partial charge in [-0.15, -0.1) is 0 Å². The average Bonchev–Trinajstić information content (AvgIpc) is 2.46. The highest BCUT2D eigenvalue weighted by atomic mass is 32.2. The zero-order valence-corrected chi connectivity index (χ0v) is 13.5. The van der Waals surface area contributed by atoms with Crippen LogP contribution in [-0.4, -0.2) is 32.0 Å². The Kier molecular flexibility index (Phi) is 4.77. The number of aryl methyl sites for hydroxylation is 1. The van der Waals surface area contributed by atoms with Gasteiger partial charge in [-0.25, -0.2) is 13.1 Å². The number of amides is 1. The quantitative estimate of drug-likeness (QED) is 0.907. The van der Waals surface area contributed by atoms with Crippen molar-refractivity contribution in [1.82, 2.24) is 9.71 Å². The molecule has 0 aliphatic carbocycles. The average molecular weight is 322 g/mol. The number of aromatic nitrogens is 1. The first-order valence-corrected chi connectivity index (χ1v) is 8.37. The molecule has 0 spiro atoms. The van der Waals surface area contributed by atoms with Crippen molar-refractivity contribution in [2.24, 2.45) is 0 Å². The number of ether oxygens (including phenoxy) is 1. The molecule has 1 heterocycles. The lowest BCUT2D eigenvalue weighted by molar-refractivity contribution is -0.129. The predicted octanol–water partition coefficient (Wildman–Crippen LogP) is 1.77. The van der Waals surface area contributed by atoms with Gasteiger partial charge in [-0.2, -0.15) is 0 Å². The first-order chi connectivity index (χ1) is 10.3. The number of carbonyl (C=O) groups excluding carboxylic acids is 1. The molecule has 118 valence electrons. The SMILES string of the molecule is CCO[C@@H](C)C(=O)NS(=O)(=O)c1cccc2cc(C)cnc12. The summed E-state index contributed by atoms with van der Waals surface area (Å²) in [4.78, 5) is 16.0. The number of rotatable bonds is 5. The predicted molar refractivity (Wildman–Crippen MR) is 82.9 cm³/mol. The molecule has 2 aromatic rings. The van der Waals surface area contributed by atoms with E-state index in [9.17, 15) is 13.2 Å². The maximum absolute atomic E-state index is 12.4. The molecule has 1 atom stereocenters. The fraction of sp³-hybridized carbons (Fsp3) is 0.333. The van der Waals surface area contributed by atoms with Crippen LogP contribution >= 0.6 is 0 Å². The Morgan fingerprint density at radius 2 is 2.14 bits per heavy atom. The van der Waals surface area contributed by atoms with Crippen LogP contribution in [0.25, 0.3) is 10.9 Å². The van der Waals surface area contributed by atoms with Gasteiger partial charge in [-0.05, 0) is 38.5 Å². The molecule has 2 rings (SSSR count). The van der Waals surface area contributed by atoms with Gasteiger partial charge in [0.25, 0.3) is 15.9 Å². The third kappa shape index (κ3) is 3.42. The van der Waals surface area contributed by atoms with E-state index in [1.807, 2.05) is 17.7 Å². The molecule has 0 saturated heterocycles. The minimum absolute atomic E-state index is 0.0259. The standard InChI is InChI=1S/C15H18N2O4S/c1-4-21-11(3)15(18)17-22(19,20)13-7-5-6-12-8-10(2)9-16-14(12)13/h5-9,11H,4H2,1-3H3,(H,17,18)/t11-/m0/s1. The smallest absolute Gasteiger partial charge is 0.266 e. The summed E-state index contributed by atoms with van der Waals surface area (Å²) in [7, 11) is -4.00. The van der Waals surface area contributed by atoms with Gasteiger partial charge in [0, 0.05) is 18.2 Å². The summed E-state index contributed by atoms with van der Waals surface area (Å²) < 4.78 is 32.0. The number of carbonyl (C=O) groups is 1. The van der Waals surface area contributed by atoms with Gasteiger partial charge < -0.3 is 4.74 Å². The van der Waals surface area contributed by atoms with E-state index < -0.39 is 22.0 Å². The van der Waals surface area contributed by atoms with Crippen LogP contribution in [0.15, 0.2) is 35.4 Å². The van der Waals surface area contributed by atoms with E-state index in [-0.39, 0.29) is 4.90 Å². The van der Waals surface area contributed by atoms with Crippen LogP contribution in [0.5, 0.6) is 0 Å². The lowest BCUT2D eigenvalue weighted by atomic mass is 10.2. The number of para-hydroxylation sites is 1. The van der Waals surface area contributed by atoms with Gasteiger partial charge in [0.05, 0.1) is 5.52 Å². The van der Waals surface area contributed by atoms with Crippen LogP contribution in [0.1, 0.15) is 19.4 Å². The third-order valence-electron chi connectivity index (χ3n) is 3.12. The molecule has 0 aliphatic heterocycles. The van der Waals surface area contributed by atoms with Gasteiger partial charge in [-0.1, -0.05) is 12.1 Å². The monoisotopic (exact) mass is 322 g/mol. The molecule has 6 nitrogen and oxygen atoms in total. The topological polar surface area (TPSA) is 85.4 Å². The molecule has 22 heavy (non-hydrogen) atoms. The molecular weight excluding hydrogens is 304 g/mol. The number of pyridine rings is 1. The summed E-state index contributed by atoms with van der Waals surface area (Å²) in [6.45, 7) is 5.43. The van der Waals surface area contributed by atoms with E-state index in [1.54, 1.807) is 25.3 Å². The number of hydrogen-bond donors (Lipinski definition) is 1. The lowest BCUT2D eigenvalue weighted by Gasteiger charge is -2.13. The summed E-state index contributed by atoms with van der Waals surface area (Å²) in [6.07, 6.45) is 0.747. The van der Waals surface area contributed by atoms with E-state index in [0.717, 1.165) is 5.56 Å². The molecule has 1 amide bonds. The van der Waals surface area contributed by atoms with Crippen LogP contribution in [0.2, 0.25) is 0 Å². The largest absolute Gasteiger partial charge is 0.369 e. The van der Waals surface area contributed by atoms with Crippen molar-refractivity contribution in [2.75, 3.05) is 6.61 Å². The van der Waals surface area contributed by atoms with Crippen LogP contribution < -0.4 is 4.72 Å². The van der Waals surface area contributed by atoms with Crippen molar-refractivity contribution < 1.29 is 17.9 Å². The maximum atomic E-state index is 12.4. The molecule has 1 N–H and O–H groups in total. The second-order valence-electron chi connectivity index (χ2n) is 4.91. The molecule has 0 saturated carbocycles. The second-order valence-corrected chi connectivity index (χ2v) is 6.56. The molecular formula is C15H18N2O4S. The molecule has 0 aliphatic rings. The zero-order valence-electron chi connectivity index (χ0n) is 12.7. The van der Waals surface area contributed by atoms with Crippen molar-refractivity contribution in [2.45, 2.75) is 31.8 Å². The van der Waals surface area contributed by atoms with E-state index in [2.05, 4.69) is 4.98 Å². The molecule has 1 aromatic heterocycles. The molecule has 1 aromatic carbocycles. The third-order valence-corrected chi connectivity index (χ3v) is 4.50. The fourth-order valence-corrected chi connectivity index (χ4v) is 3.28. The van der Waals surface area contributed by atoms with Gasteiger partial charge in [0.15, 0.2) is 0 Å². The maximum Gasteiger partial charge on any atom is 0.266 e. The molecule has 0 bridgehead atoms. The number of sulfonamides is 1. The zero-order chi connectivity index (χ0) is 16.3. The van der Waals surface area contributed by atoms with Crippen molar-refractivity contribution in [3.8, 4) is 0 Å². The Bertz CT molecular complexity index is 802. The van der Waals surface area contributed by atoms with Crippen LogP contribution in [0.4, 0.5) is 0 Å². The number of nitrogens with one attached hydrogen (secondary N) is 1. The fourth-order valence-electron chi connectivity index (χ4n) is 2.06. The van der Waals surface area contributed by atoms with Crippen molar-refractivity contribution in [3.63, 3.8) is 0 Å². The Labute approximate surface area is 129 Å². The molecule has 0 fully saturated rings. The van der Waals surface area contributed by atoms with Crippen LogP contribution in [0.3, 0.4) is 0 Å². The Morgan fingerprint density at radius 1 is 1.41 bits per heavy atom. The van der Waals surface area contributed by atoms with Gasteiger partial charge in [0.2, 0.25) is 0 Å². The van der Waals surface area contributed by atoms with E-state index in [1.165, 1.54) is 13.0 Å². The van der Waals surface area contributed by atoms with Gasteiger partial charge >= 0.3 is 0 Å². The van der Waals surface area contributed by atoms with Crippen molar-refractivity contribution in [1.29, 1.82) is 0 Å². The Balaban J connectivity index is 2.40. The van der Waals surface area contributed by atoms with Crippen molar-refractivity contribution in [3.05, 3.63) is 36.0 Å². The van der Waals surface area contributed by atoms with E-state index in [0.29, 0.717) is 17.5 Å². The van der Waals surface area contributed by atoms with E-state index in [4.69, 9.17) is 4.74 Å². The van der Waals surface area contributed by atoms with Crippen molar-refractivity contribution >= 4 is 26.8 Å². The Hall–Kier alpha value is -1.99. The number of benzene rings is 1. The first kappa shape index (κ1) is 16.4. The molecule has 0 unspecified atom stereocenters. The Morgan fingerprint density at radius 3 is 2.82 bits per heavy atom. The highest BCUT2D eigenvalue weighted by Gasteiger charge is 2.24. The summed E-state index contributed by atoms with van der Waals surface area (Å²) >= 11 is 0. The minimum atomic E-state index is -4.00. The summed E-state index contributed by atoms with van der Waals surface area (Å²) in [6, 6.07) is 6.66. The van der Waals surface area contributed by atoms with Crippen LogP contribution in [-0.2, 0) is 19.6 Å². The first-order valence-electron chi connectivity index (χ1n) is 6.89. The highest BCUT2D eigenvalue weighted by Crippen LogP contribution is 2.21. The summed E-state index contributed by atoms with van der Waals surface area (Å²) in [5, 5.41) is 0.702. The minimum Gasteiger partial charge on any atom is -0.369 e. The lowest BCUT2D eigenvalue weighted by Crippen LogP contribution is -2.38. The number of fused-ring (bicyclic) bond motifs is 1. The van der Waals surface area contributed by atoms with Crippen LogP contribution in [0, 0.1) is 6.92 Å². The molecule has 0 radical (unpaired) electrons. The van der Waals surface area contributed by atoms with Gasteiger partial charge in [0.1, 0.15) is 11.0 Å². The second kappa shape index (κ2) is 6.41. The summed E-state index contributed by atoms with van der Waals surface area (Å²) in [5.41, 5.74) is 1.26. The highest BCUT2D eigenvalue weighted by molar-refractivity contribution is 7.90.